The van der Waals surface area contributed by atoms with Gasteiger partial charge in [0.05, 0.1) is 24.6 Å². The van der Waals surface area contributed by atoms with E-state index in [4.69, 9.17) is 9.15 Å². The van der Waals surface area contributed by atoms with E-state index in [0.29, 0.717) is 19.4 Å². The number of carbonyl (C=O) groups excluding carboxylic acids is 3. The van der Waals surface area contributed by atoms with Crippen LogP contribution in [0.4, 0.5) is 13.2 Å². The maximum Gasteiger partial charge on any atom is 0.416 e. The molecule has 33 heavy (non-hydrogen) atoms. The number of hydrogen-bond acceptors (Lipinski definition) is 5. The van der Waals surface area contributed by atoms with Gasteiger partial charge in [-0.1, -0.05) is 12.1 Å². The highest BCUT2D eigenvalue weighted by molar-refractivity contribution is 5.94. The van der Waals surface area contributed by atoms with Gasteiger partial charge in [0.25, 0.3) is 5.91 Å². The van der Waals surface area contributed by atoms with Gasteiger partial charge < -0.3 is 19.0 Å². The summed E-state index contributed by atoms with van der Waals surface area (Å²) in [4.78, 5) is 40.1. The van der Waals surface area contributed by atoms with E-state index in [9.17, 15) is 27.6 Å². The van der Waals surface area contributed by atoms with E-state index in [-0.39, 0.29) is 54.6 Å². The van der Waals surface area contributed by atoms with Gasteiger partial charge in [-0.05, 0) is 44.0 Å². The molecular formula is C23H25F3N2O5. The van der Waals surface area contributed by atoms with Gasteiger partial charge in [-0.3, -0.25) is 14.4 Å². The van der Waals surface area contributed by atoms with E-state index in [1.165, 1.54) is 41.1 Å². The third kappa shape index (κ3) is 5.94. The molecule has 2 heterocycles. The molecule has 1 aromatic carbocycles. The zero-order valence-electron chi connectivity index (χ0n) is 18.4. The number of alkyl halides is 3. The molecule has 1 fully saturated rings. The van der Waals surface area contributed by atoms with Gasteiger partial charge in [0.1, 0.15) is 5.76 Å². The molecule has 2 aromatic rings. The standard InChI is InChI=1S/C23H25F3N2O5/c1-3-32-22(31)16-7-5-11-28(13-16)20(29)14-27(2)21(30)19-10-9-18(33-19)15-6-4-8-17(12-15)23(24,25)26/h4,6,8-10,12,16H,3,5,7,11,13-14H2,1-2H3. The maximum atomic E-state index is 13.0. The molecule has 0 bridgehead atoms. The monoisotopic (exact) mass is 466 g/mol. The van der Waals surface area contributed by atoms with Gasteiger partial charge in [-0.2, -0.15) is 13.2 Å². The van der Waals surface area contributed by atoms with Crippen LogP contribution in [0.2, 0.25) is 0 Å². The SMILES string of the molecule is CCOC(=O)C1CCCN(C(=O)CN(C)C(=O)c2ccc(-c3cccc(C(F)(F)F)c3)o2)C1. The van der Waals surface area contributed by atoms with E-state index in [1.54, 1.807) is 6.92 Å². The third-order valence-electron chi connectivity index (χ3n) is 5.40. The summed E-state index contributed by atoms with van der Waals surface area (Å²) >= 11 is 0. The van der Waals surface area contributed by atoms with Crippen LogP contribution in [-0.2, 0) is 20.5 Å². The van der Waals surface area contributed by atoms with Crippen LogP contribution in [0.25, 0.3) is 11.3 Å². The molecule has 2 amide bonds. The minimum absolute atomic E-state index is 0.0965. The van der Waals surface area contributed by atoms with Gasteiger partial charge >= 0.3 is 12.1 Å². The van der Waals surface area contributed by atoms with Crippen LogP contribution in [0, 0.1) is 5.92 Å². The zero-order chi connectivity index (χ0) is 24.2. The Balaban J connectivity index is 1.63. The normalized spacial score (nSPS) is 16.4. The summed E-state index contributed by atoms with van der Waals surface area (Å²) in [7, 11) is 1.43. The van der Waals surface area contributed by atoms with Gasteiger partial charge in [-0.15, -0.1) is 0 Å². The van der Waals surface area contributed by atoms with E-state index in [0.717, 1.165) is 12.1 Å². The largest absolute Gasteiger partial charge is 0.466 e. The molecule has 178 valence electrons. The van der Waals surface area contributed by atoms with Crippen molar-refractivity contribution >= 4 is 17.8 Å². The van der Waals surface area contributed by atoms with Crippen LogP contribution < -0.4 is 0 Å². The fourth-order valence-electron chi connectivity index (χ4n) is 3.68. The van der Waals surface area contributed by atoms with E-state index >= 15 is 0 Å². The summed E-state index contributed by atoms with van der Waals surface area (Å²) in [6.45, 7) is 2.48. The second-order valence-corrected chi connectivity index (χ2v) is 7.83. The Morgan fingerprint density at radius 1 is 1.21 bits per heavy atom. The molecule has 0 N–H and O–H groups in total. The van der Waals surface area contributed by atoms with Crippen molar-refractivity contribution in [1.29, 1.82) is 0 Å². The van der Waals surface area contributed by atoms with Crippen molar-refractivity contribution in [2.24, 2.45) is 5.92 Å². The number of benzene rings is 1. The average molecular weight is 466 g/mol. The van der Waals surface area contributed by atoms with Crippen molar-refractivity contribution in [2.45, 2.75) is 25.9 Å². The Morgan fingerprint density at radius 2 is 1.97 bits per heavy atom. The summed E-state index contributed by atoms with van der Waals surface area (Å²) in [6.07, 6.45) is -3.20. The number of likely N-dealkylation sites (N-methyl/N-ethyl adjacent to an activating group) is 1. The summed E-state index contributed by atoms with van der Waals surface area (Å²) in [5.74, 6) is -1.61. The minimum Gasteiger partial charge on any atom is -0.466 e. The molecule has 7 nitrogen and oxygen atoms in total. The van der Waals surface area contributed by atoms with Crippen LogP contribution in [0.15, 0.2) is 40.8 Å². The Bertz CT molecular complexity index is 1020. The number of nitrogens with zero attached hydrogens (tertiary/aromatic N) is 2. The highest BCUT2D eigenvalue weighted by Gasteiger charge is 2.32. The molecule has 0 spiro atoms. The number of halogens is 3. The second kappa shape index (κ2) is 10.1. The molecule has 10 heteroatoms. The lowest BCUT2D eigenvalue weighted by atomic mass is 9.98. The smallest absolute Gasteiger partial charge is 0.416 e. The molecule has 1 aliphatic rings. The molecular weight excluding hydrogens is 441 g/mol. The lowest BCUT2D eigenvalue weighted by molar-refractivity contribution is -0.151. The third-order valence-corrected chi connectivity index (χ3v) is 5.40. The van der Waals surface area contributed by atoms with E-state index < -0.39 is 17.6 Å². The summed E-state index contributed by atoms with van der Waals surface area (Å²) < 4.78 is 49.4. The Morgan fingerprint density at radius 3 is 2.67 bits per heavy atom. The maximum absolute atomic E-state index is 13.0. The van der Waals surface area contributed by atoms with Crippen molar-refractivity contribution in [3.05, 3.63) is 47.7 Å². The van der Waals surface area contributed by atoms with Crippen LogP contribution in [0.5, 0.6) is 0 Å². The molecule has 0 saturated carbocycles. The minimum atomic E-state index is -4.50. The van der Waals surface area contributed by atoms with Gasteiger partial charge in [0.2, 0.25) is 5.91 Å². The molecule has 1 aromatic heterocycles. The number of likely N-dealkylation sites (tertiary alicyclic amines) is 1. The van der Waals surface area contributed by atoms with Crippen molar-refractivity contribution in [1.82, 2.24) is 9.80 Å². The van der Waals surface area contributed by atoms with E-state index in [1.807, 2.05) is 0 Å². The molecule has 1 aliphatic heterocycles. The number of ether oxygens (including phenoxy) is 1. The molecule has 0 radical (unpaired) electrons. The zero-order valence-corrected chi connectivity index (χ0v) is 18.4. The Labute approximate surface area is 189 Å². The van der Waals surface area contributed by atoms with Gasteiger partial charge in [0, 0.05) is 25.7 Å². The quantitative estimate of drug-likeness (QED) is 0.605. The number of piperidine rings is 1. The number of hydrogen-bond donors (Lipinski definition) is 0. The first-order chi connectivity index (χ1) is 15.6. The van der Waals surface area contributed by atoms with Crippen LogP contribution >= 0.6 is 0 Å². The highest BCUT2D eigenvalue weighted by Crippen LogP contribution is 2.32. The van der Waals surface area contributed by atoms with Crippen molar-refractivity contribution in [3.63, 3.8) is 0 Å². The summed E-state index contributed by atoms with van der Waals surface area (Å²) in [5, 5.41) is 0. The molecule has 3 rings (SSSR count). The van der Waals surface area contributed by atoms with Crippen molar-refractivity contribution < 1.29 is 36.7 Å². The molecule has 1 unspecified atom stereocenters. The number of amides is 2. The van der Waals surface area contributed by atoms with Crippen molar-refractivity contribution in [3.8, 4) is 11.3 Å². The Kier molecular flexibility index (Phi) is 7.45. The topological polar surface area (TPSA) is 80.1 Å². The fraction of sp³-hybridized carbons (Fsp3) is 0.435. The first-order valence-electron chi connectivity index (χ1n) is 10.6. The average Bonchev–Trinajstić information content (AvgIpc) is 3.28. The van der Waals surface area contributed by atoms with Crippen LogP contribution in [0.1, 0.15) is 35.9 Å². The lowest BCUT2D eigenvalue weighted by Gasteiger charge is -2.32. The molecule has 1 atom stereocenters. The number of rotatable bonds is 6. The van der Waals surface area contributed by atoms with Crippen LogP contribution in [0.3, 0.4) is 0 Å². The van der Waals surface area contributed by atoms with Crippen molar-refractivity contribution in [2.75, 3.05) is 33.3 Å². The van der Waals surface area contributed by atoms with E-state index in [2.05, 4.69) is 0 Å². The summed E-state index contributed by atoms with van der Waals surface area (Å²) in [5.41, 5.74) is -0.643. The predicted molar refractivity (Wildman–Crippen MR) is 112 cm³/mol. The fourth-order valence-corrected chi connectivity index (χ4v) is 3.68. The van der Waals surface area contributed by atoms with Gasteiger partial charge in [-0.25, -0.2) is 0 Å². The first kappa shape index (κ1) is 24.3. The van der Waals surface area contributed by atoms with Crippen LogP contribution in [-0.4, -0.2) is 60.9 Å². The predicted octanol–water partition coefficient (Wildman–Crippen LogP) is 3.84. The second-order valence-electron chi connectivity index (χ2n) is 7.83. The number of esters is 1. The van der Waals surface area contributed by atoms with Gasteiger partial charge in [0.15, 0.2) is 5.76 Å². The molecule has 0 aliphatic carbocycles. The Hall–Kier alpha value is -3.30. The lowest BCUT2D eigenvalue weighted by Crippen LogP contribution is -2.47. The first-order valence-corrected chi connectivity index (χ1v) is 10.6. The number of carbonyl (C=O) groups is 3. The summed E-state index contributed by atoms with van der Waals surface area (Å²) in [6, 6.07) is 7.37. The number of furan rings is 1. The molecule has 1 saturated heterocycles. The highest BCUT2D eigenvalue weighted by atomic mass is 19.4.